The Morgan fingerprint density at radius 2 is 2.32 bits per heavy atom. The van der Waals surface area contributed by atoms with E-state index in [0.717, 1.165) is 18.2 Å². The van der Waals surface area contributed by atoms with Gasteiger partial charge in [0.25, 0.3) is 0 Å². The van der Waals surface area contributed by atoms with Gasteiger partial charge in [0.05, 0.1) is 18.2 Å². The van der Waals surface area contributed by atoms with Crippen molar-refractivity contribution < 1.29 is 0 Å². The molecule has 1 saturated carbocycles. The minimum Gasteiger partial charge on any atom is -0.328 e. The van der Waals surface area contributed by atoms with E-state index < -0.39 is 0 Å². The SMILES string of the molecule is C=C(/C=C\c1cncn1C1CC(C)(C)C1)CCCBr. The van der Waals surface area contributed by atoms with Crippen molar-refractivity contribution >= 4 is 22.0 Å². The molecule has 0 N–H and O–H groups in total. The highest BCUT2D eigenvalue weighted by atomic mass is 79.9. The number of rotatable bonds is 6. The lowest BCUT2D eigenvalue weighted by Crippen LogP contribution is -2.33. The Balaban J connectivity index is 1.97. The molecular formula is C16H23BrN2. The number of hydrogen-bond acceptors (Lipinski definition) is 1. The molecule has 0 aliphatic heterocycles. The molecule has 2 rings (SSSR count). The topological polar surface area (TPSA) is 17.8 Å². The van der Waals surface area contributed by atoms with Crippen LogP contribution in [0.25, 0.3) is 6.08 Å². The minimum atomic E-state index is 0.495. The summed E-state index contributed by atoms with van der Waals surface area (Å²) in [6.07, 6.45) is 12.9. The van der Waals surface area contributed by atoms with Crippen LogP contribution in [0.2, 0.25) is 0 Å². The third-order valence-electron chi connectivity index (χ3n) is 3.79. The number of alkyl halides is 1. The molecule has 0 atom stereocenters. The predicted octanol–water partition coefficient (Wildman–Crippen LogP) is 4.99. The standard InChI is InChI=1S/C16H23BrN2/c1-13(5-4-8-17)6-7-14-11-18-12-19(14)15-9-16(2,3)10-15/h6-7,11-12,15H,1,4-5,8-10H2,2-3H3/b7-6-. The molecule has 1 aromatic heterocycles. The average molecular weight is 323 g/mol. The molecule has 104 valence electrons. The molecule has 1 heterocycles. The summed E-state index contributed by atoms with van der Waals surface area (Å²) in [5.41, 5.74) is 2.87. The Morgan fingerprint density at radius 3 is 2.95 bits per heavy atom. The first kappa shape index (κ1) is 14.6. The number of allylic oxidation sites excluding steroid dienone is 2. The Hall–Kier alpha value is -0.830. The van der Waals surface area contributed by atoms with Crippen LogP contribution in [0.15, 0.2) is 30.8 Å². The lowest BCUT2D eigenvalue weighted by atomic mass is 9.68. The van der Waals surface area contributed by atoms with Crippen LogP contribution in [0.4, 0.5) is 0 Å². The molecule has 0 aromatic carbocycles. The Morgan fingerprint density at radius 1 is 1.58 bits per heavy atom. The largest absolute Gasteiger partial charge is 0.328 e. The van der Waals surface area contributed by atoms with E-state index in [1.165, 1.54) is 24.1 Å². The van der Waals surface area contributed by atoms with Gasteiger partial charge in [-0.05, 0) is 37.2 Å². The Labute approximate surface area is 124 Å². The maximum atomic E-state index is 4.29. The second-order valence-corrected chi connectivity index (χ2v) is 7.03. The van der Waals surface area contributed by atoms with Gasteiger partial charge >= 0.3 is 0 Å². The van der Waals surface area contributed by atoms with Crippen molar-refractivity contribution in [2.24, 2.45) is 5.41 Å². The zero-order valence-corrected chi connectivity index (χ0v) is 13.5. The van der Waals surface area contributed by atoms with Crippen LogP contribution in [-0.4, -0.2) is 14.9 Å². The van der Waals surface area contributed by atoms with Gasteiger partial charge in [0.1, 0.15) is 0 Å². The van der Waals surface area contributed by atoms with Gasteiger partial charge in [-0.15, -0.1) is 0 Å². The maximum Gasteiger partial charge on any atom is 0.0953 e. The lowest BCUT2D eigenvalue weighted by molar-refractivity contribution is 0.104. The molecule has 1 aromatic rings. The predicted molar refractivity (Wildman–Crippen MR) is 85.5 cm³/mol. The highest BCUT2D eigenvalue weighted by Crippen LogP contribution is 2.48. The van der Waals surface area contributed by atoms with Crippen molar-refractivity contribution in [3.8, 4) is 0 Å². The molecule has 1 fully saturated rings. The fourth-order valence-corrected chi connectivity index (χ4v) is 3.02. The Kier molecular flexibility index (Phi) is 4.67. The third-order valence-corrected chi connectivity index (χ3v) is 4.35. The number of aromatic nitrogens is 2. The van der Waals surface area contributed by atoms with Gasteiger partial charge in [-0.1, -0.05) is 48.0 Å². The van der Waals surface area contributed by atoms with Crippen LogP contribution >= 0.6 is 15.9 Å². The molecular weight excluding hydrogens is 300 g/mol. The van der Waals surface area contributed by atoms with Crippen LogP contribution in [-0.2, 0) is 0 Å². The first-order valence-electron chi connectivity index (χ1n) is 6.95. The van der Waals surface area contributed by atoms with Gasteiger partial charge in [-0.25, -0.2) is 4.98 Å². The normalized spacial score (nSPS) is 18.7. The summed E-state index contributed by atoms with van der Waals surface area (Å²) in [5, 5.41) is 1.04. The van der Waals surface area contributed by atoms with Crippen LogP contribution in [0.3, 0.4) is 0 Å². The molecule has 3 heteroatoms. The van der Waals surface area contributed by atoms with Crippen LogP contribution in [0, 0.1) is 5.41 Å². The summed E-state index contributed by atoms with van der Waals surface area (Å²) in [7, 11) is 0. The molecule has 1 aliphatic carbocycles. The van der Waals surface area contributed by atoms with Gasteiger partial charge < -0.3 is 4.57 Å². The van der Waals surface area contributed by atoms with Crippen LogP contribution < -0.4 is 0 Å². The van der Waals surface area contributed by atoms with Crippen molar-refractivity contribution in [3.63, 3.8) is 0 Å². The van der Waals surface area contributed by atoms with Crippen molar-refractivity contribution in [2.75, 3.05) is 5.33 Å². The highest BCUT2D eigenvalue weighted by Gasteiger charge is 2.37. The van der Waals surface area contributed by atoms with Crippen molar-refractivity contribution in [2.45, 2.75) is 45.6 Å². The molecule has 0 radical (unpaired) electrons. The van der Waals surface area contributed by atoms with E-state index in [-0.39, 0.29) is 0 Å². The number of imidazole rings is 1. The summed E-state index contributed by atoms with van der Waals surface area (Å²) >= 11 is 3.45. The smallest absolute Gasteiger partial charge is 0.0953 e. The van der Waals surface area contributed by atoms with E-state index in [4.69, 9.17) is 0 Å². The average Bonchev–Trinajstić information content (AvgIpc) is 2.78. The van der Waals surface area contributed by atoms with Crippen LogP contribution in [0.1, 0.15) is 51.3 Å². The maximum absolute atomic E-state index is 4.29. The van der Waals surface area contributed by atoms with E-state index in [1.807, 2.05) is 12.5 Å². The van der Waals surface area contributed by atoms with Gasteiger partial charge in [-0.3, -0.25) is 0 Å². The Bertz CT molecular complexity index is 463. The van der Waals surface area contributed by atoms with Gasteiger partial charge in [-0.2, -0.15) is 0 Å². The summed E-state index contributed by atoms with van der Waals surface area (Å²) in [6, 6.07) is 0.618. The molecule has 0 unspecified atom stereocenters. The van der Waals surface area contributed by atoms with Gasteiger partial charge in [0.15, 0.2) is 0 Å². The van der Waals surface area contributed by atoms with E-state index in [9.17, 15) is 0 Å². The lowest BCUT2D eigenvalue weighted by Gasteiger charge is -2.43. The number of hydrogen-bond donors (Lipinski definition) is 0. The molecule has 2 nitrogen and oxygen atoms in total. The molecule has 0 bridgehead atoms. The number of halogens is 1. The molecule has 0 amide bonds. The molecule has 1 aliphatic rings. The zero-order chi connectivity index (χ0) is 13.9. The fourth-order valence-electron chi connectivity index (χ4n) is 2.74. The van der Waals surface area contributed by atoms with Gasteiger partial charge in [0.2, 0.25) is 0 Å². The van der Waals surface area contributed by atoms with Crippen molar-refractivity contribution in [1.82, 2.24) is 9.55 Å². The van der Waals surface area contributed by atoms with Crippen LogP contribution in [0.5, 0.6) is 0 Å². The van der Waals surface area contributed by atoms with Crippen molar-refractivity contribution in [3.05, 3.63) is 36.4 Å². The number of nitrogens with zero attached hydrogens (tertiary/aromatic N) is 2. The second-order valence-electron chi connectivity index (χ2n) is 6.24. The monoisotopic (exact) mass is 322 g/mol. The zero-order valence-electron chi connectivity index (χ0n) is 11.9. The van der Waals surface area contributed by atoms with E-state index >= 15 is 0 Å². The first-order chi connectivity index (χ1) is 9.02. The quantitative estimate of drug-likeness (QED) is 0.533. The highest BCUT2D eigenvalue weighted by molar-refractivity contribution is 9.09. The van der Waals surface area contributed by atoms with E-state index in [2.05, 4.69) is 58.1 Å². The minimum absolute atomic E-state index is 0.495. The summed E-state index contributed by atoms with van der Waals surface area (Å²) in [6.45, 7) is 8.75. The first-order valence-corrected chi connectivity index (χ1v) is 8.08. The van der Waals surface area contributed by atoms with Gasteiger partial charge in [0, 0.05) is 11.4 Å². The summed E-state index contributed by atoms with van der Waals surface area (Å²) in [5.74, 6) is 0. The second kappa shape index (κ2) is 6.08. The third kappa shape index (κ3) is 3.82. The fraction of sp³-hybridized carbons (Fsp3) is 0.562. The summed E-state index contributed by atoms with van der Waals surface area (Å²) < 4.78 is 2.31. The molecule has 19 heavy (non-hydrogen) atoms. The van der Waals surface area contributed by atoms with Crippen molar-refractivity contribution in [1.29, 1.82) is 0 Å². The molecule has 0 spiro atoms. The summed E-state index contributed by atoms with van der Waals surface area (Å²) in [4.78, 5) is 4.29. The molecule has 0 saturated heterocycles. The van der Waals surface area contributed by atoms with E-state index in [0.29, 0.717) is 11.5 Å². The van der Waals surface area contributed by atoms with E-state index in [1.54, 1.807) is 0 Å².